The van der Waals surface area contributed by atoms with Crippen LogP contribution in [0, 0.1) is 0 Å². The summed E-state index contributed by atoms with van der Waals surface area (Å²) in [6.45, 7) is 7.34. The summed E-state index contributed by atoms with van der Waals surface area (Å²) in [7, 11) is 0. The highest BCUT2D eigenvalue weighted by molar-refractivity contribution is 8.00. The van der Waals surface area contributed by atoms with Crippen molar-refractivity contribution in [3.63, 3.8) is 0 Å². The molecule has 0 aliphatic rings. The number of hydrogen-bond acceptors (Lipinski definition) is 3. The highest BCUT2D eigenvalue weighted by Crippen LogP contribution is 2.21. The minimum atomic E-state index is -0.567. The van der Waals surface area contributed by atoms with Gasteiger partial charge in [0, 0.05) is 30.0 Å². The molecule has 0 fully saturated rings. The van der Waals surface area contributed by atoms with E-state index in [4.69, 9.17) is 0 Å². The number of urea groups is 1. The quantitative estimate of drug-likeness (QED) is 0.678. The molecule has 0 bridgehead atoms. The van der Waals surface area contributed by atoms with Crippen LogP contribution in [0.15, 0.2) is 30.3 Å². The van der Waals surface area contributed by atoms with Gasteiger partial charge in [0.2, 0.25) is 0 Å². The SMILES string of the molecule is CC(C)(C)SCCNC(=O)NCC(O)Cc1ccccc1. The number of thioether (sulfide) groups is 1. The highest BCUT2D eigenvalue weighted by atomic mass is 32.2. The smallest absolute Gasteiger partial charge is 0.314 e. The van der Waals surface area contributed by atoms with Gasteiger partial charge in [0.05, 0.1) is 6.10 Å². The summed E-state index contributed by atoms with van der Waals surface area (Å²) in [4.78, 5) is 11.6. The first-order valence-electron chi connectivity index (χ1n) is 7.24. The van der Waals surface area contributed by atoms with E-state index in [0.29, 0.717) is 13.0 Å². The number of nitrogens with one attached hydrogen (secondary N) is 2. The summed E-state index contributed by atoms with van der Waals surface area (Å²) >= 11 is 1.81. The summed E-state index contributed by atoms with van der Waals surface area (Å²) in [5.74, 6) is 0.878. The van der Waals surface area contributed by atoms with Gasteiger partial charge < -0.3 is 15.7 Å². The molecule has 118 valence electrons. The van der Waals surface area contributed by atoms with E-state index < -0.39 is 6.10 Å². The molecule has 3 N–H and O–H groups in total. The molecule has 0 spiro atoms. The second kappa shape index (κ2) is 8.95. The lowest BCUT2D eigenvalue weighted by Gasteiger charge is -2.17. The molecular weight excluding hydrogens is 284 g/mol. The van der Waals surface area contributed by atoms with Gasteiger partial charge in [0.15, 0.2) is 0 Å². The van der Waals surface area contributed by atoms with Gasteiger partial charge in [-0.2, -0.15) is 11.8 Å². The van der Waals surface area contributed by atoms with Crippen molar-refractivity contribution < 1.29 is 9.90 Å². The Kier molecular flexibility index (Phi) is 7.61. The van der Waals surface area contributed by atoms with Crippen LogP contribution >= 0.6 is 11.8 Å². The number of aliphatic hydroxyl groups is 1. The zero-order valence-corrected chi connectivity index (χ0v) is 13.9. The summed E-state index contributed by atoms with van der Waals surface area (Å²) in [6, 6.07) is 9.53. The lowest BCUT2D eigenvalue weighted by atomic mass is 10.1. The summed E-state index contributed by atoms with van der Waals surface area (Å²) in [5.41, 5.74) is 1.06. The van der Waals surface area contributed by atoms with E-state index in [-0.39, 0.29) is 17.3 Å². The first kappa shape index (κ1) is 17.9. The molecule has 21 heavy (non-hydrogen) atoms. The Bertz CT molecular complexity index is 418. The number of aliphatic hydroxyl groups excluding tert-OH is 1. The van der Waals surface area contributed by atoms with Crippen molar-refractivity contribution in [2.45, 2.75) is 38.0 Å². The van der Waals surface area contributed by atoms with Gasteiger partial charge in [-0.3, -0.25) is 0 Å². The standard InChI is InChI=1S/C16H26N2O2S/c1-16(2,3)21-10-9-17-15(20)18-12-14(19)11-13-7-5-4-6-8-13/h4-8,14,19H,9-12H2,1-3H3,(H2,17,18,20). The normalized spacial score (nSPS) is 12.8. The molecule has 0 saturated carbocycles. The van der Waals surface area contributed by atoms with E-state index in [9.17, 15) is 9.90 Å². The Labute approximate surface area is 131 Å². The third-order valence-corrected chi connectivity index (χ3v) is 4.01. The zero-order chi connectivity index (χ0) is 15.7. The number of amides is 2. The minimum Gasteiger partial charge on any atom is -0.391 e. The first-order chi connectivity index (χ1) is 9.87. The predicted molar refractivity (Wildman–Crippen MR) is 89.8 cm³/mol. The van der Waals surface area contributed by atoms with Crippen molar-refractivity contribution in [3.8, 4) is 0 Å². The number of carbonyl (C=O) groups is 1. The lowest BCUT2D eigenvalue weighted by molar-refractivity contribution is 0.170. The Morgan fingerprint density at radius 1 is 1.24 bits per heavy atom. The van der Waals surface area contributed by atoms with Crippen LogP contribution in [0.4, 0.5) is 4.79 Å². The van der Waals surface area contributed by atoms with E-state index in [2.05, 4.69) is 31.4 Å². The number of rotatable bonds is 7. The molecule has 0 aliphatic carbocycles. The van der Waals surface area contributed by atoms with Crippen LogP contribution in [0.2, 0.25) is 0 Å². The van der Waals surface area contributed by atoms with Crippen LogP contribution in [-0.4, -0.2) is 40.8 Å². The van der Waals surface area contributed by atoms with Gasteiger partial charge in [-0.05, 0) is 5.56 Å². The molecule has 5 heteroatoms. The third-order valence-electron chi connectivity index (χ3n) is 2.74. The molecule has 1 aromatic rings. The van der Waals surface area contributed by atoms with Crippen LogP contribution in [0.3, 0.4) is 0 Å². The van der Waals surface area contributed by atoms with Gasteiger partial charge >= 0.3 is 6.03 Å². The van der Waals surface area contributed by atoms with E-state index in [0.717, 1.165) is 11.3 Å². The fourth-order valence-corrected chi connectivity index (χ4v) is 2.57. The fraction of sp³-hybridized carbons (Fsp3) is 0.562. The van der Waals surface area contributed by atoms with Crippen molar-refractivity contribution in [1.82, 2.24) is 10.6 Å². The van der Waals surface area contributed by atoms with Crippen LogP contribution in [-0.2, 0) is 6.42 Å². The number of hydrogen-bond donors (Lipinski definition) is 3. The molecule has 2 amide bonds. The molecule has 1 rings (SSSR count). The van der Waals surface area contributed by atoms with Gasteiger partial charge in [-0.25, -0.2) is 4.79 Å². The largest absolute Gasteiger partial charge is 0.391 e. The van der Waals surface area contributed by atoms with Gasteiger partial charge in [-0.1, -0.05) is 51.1 Å². The van der Waals surface area contributed by atoms with Crippen molar-refractivity contribution >= 4 is 17.8 Å². The molecule has 1 unspecified atom stereocenters. The average Bonchev–Trinajstić information content (AvgIpc) is 2.41. The Morgan fingerprint density at radius 3 is 2.52 bits per heavy atom. The summed E-state index contributed by atoms with van der Waals surface area (Å²) < 4.78 is 0.212. The van der Waals surface area contributed by atoms with Gasteiger partial charge in [0.1, 0.15) is 0 Å². The number of benzene rings is 1. The zero-order valence-electron chi connectivity index (χ0n) is 13.1. The first-order valence-corrected chi connectivity index (χ1v) is 8.23. The Balaban J connectivity index is 2.12. The molecule has 1 aromatic carbocycles. The van der Waals surface area contributed by atoms with Crippen molar-refractivity contribution in [1.29, 1.82) is 0 Å². The molecule has 1 atom stereocenters. The van der Waals surface area contributed by atoms with Crippen molar-refractivity contribution in [2.24, 2.45) is 0 Å². The predicted octanol–water partition coefficient (Wildman–Crippen LogP) is 2.42. The Hall–Kier alpha value is -1.20. The highest BCUT2D eigenvalue weighted by Gasteiger charge is 2.10. The van der Waals surface area contributed by atoms with E-state index >= 15 is 0 Å². The second-order valence-electron chi connectivity index (χ2n) is 5.94. The average molecular weight is 310 g/mol. The maximum atomic E-state index is 11.6. The third kappa shape index (κ3) is 9.37. The molecule has 0 aliphatic heterocycles. The molecule has 0 saturated heterocycles. The number of carbonyl (C=O) groups excluding carboxylic acids is 1. The molecule has 0 radical (unpaired) electrons. The lowest BCUT2D eigenvalue weighted by Crippen LogP contribution is -2.41. The monoisotopic (exact) mass is 310 g/mol. The van der Waals surface area contributed by atoms with E-state index in [1.54, 1.807) is 0 Å². The van der Waals surface area contributed by atoms with Gasteiger partial charge in [-0.15, -0.1) is 0 Å². The summed E-state index contributed by atoms with van der Waals surface area (Å²) in [5, 5.41) is 15.4. The van der Waals surface area contributed by atoms with Crippen molar-refractivity contribution in [2.75, 3.05) is 18.8 Å². The maximum Gasteiger partial charge on any atom is 0.314 e. The molecule has 4 nitrogen and oxygen atoms in total. The van der Waals surface area contributed by atoms with Crippen LogP contribution in [0.1, 0.15) is 26.3 Å². The topological polar surface area (TPSA) is 61.4 Å². The molecule has 0 heterocycles. The maximum absolute atomic E-state index is 11.6. The fourth-order valence-electron chi connectivity index (χ4n) is 1.75. The second-order valence-corrected chi connectivity index (χ2v) is 7.86. The van der Waals surface area contributed by atoms with E-state index in [1.807, 2.05) is 42.1 Å². The van der Waals surface area contributed by atoms with Crippen LogP contribution in [0.25, 0.3) is 0 Å². The van der Waals surface area contributed by atoms with Gasteiger partial charge in [0.25, 0.3) is 0 Å². The van der Waals surface area contributed by atoms with E-state index in [1.165, 1.54) is 0 Å². The van der Waals surface area contributed by atoms with Crippen LogP contribution < -0.4 is 10.6 Å². The molecular formula is C16H26N2O2S. The van der Waals surface area contributed by atoms with Crippen LogP contribution in [0.5, 0.6) is 0 Å². The Morgan fingerprint density at radius 2 is 1.90 bits per heavy atom. The minimum absolute atomic E-state index is 0.212. The summed E-state index contributed by atoms with van der Waals surface area (Å²) in [6.07, 6.45) is -0.0248. The van der Waals surface area contributed by atoms with Crippen molar-refractivity contribution in [3.05, 3.63) is 35.9 Å². The molecule has 0 aromatic heterocycles.